The van der Waals surface area contributed by atoms with Gasteiger partial charge in [-0.1, -0.05) is 0 Å². The van der Waals surface area contributed by atoms with Crippen molar-refractivity contribution in [2.24, 2.45) is 0 Å². The zero-order valence-electron chi connectivity index (χ0n) is 4.23. The van der Waals surface area contributed by atoms with Gasteiger partial charge in [0.2, 0.25) is 0 Å². The molecule has 0 aliphatic carbocycles. The molecule has 0 aliphatic heterocycles. The molecule has 0 saturated heterocycles. The van der Waals surface area contributed by atoms with Crippen molar-refractivity contribution in [2.75, 3.05) is 0 Å². The average Bonchev–Trinajstić information content (AvgIpc) is 1.82. The molecule has 0 saturated carbocycles. The number of alkyl halides is 3. The predicted octanol–water partition coefficient (Wildman–Crippen LogP) is 2.77. The molecule has 1 unspecified atom stereocenters. The summed E-state index contributed by atoms with van der Waals surface area (Å²) in [6.45, 7) is 0. The molecule has 0 rings (SSSR count). The van der Waals surface area contributed by atoms with Crippen molar-refractivity contribution in [3.8, 4) is 0 Å². The molecule has 0 spiro atoms. The van der Waals surface area contributed by atoms with Crippen LogP contribution < -0.4 is 0 Å². The van der Waals surface area contributed by atoms with Crippen molar-refractivity contribution in [3.05, 3.63) is 10.5 Å². The van der Waals surface area contributed by atoms with Crippen LogP contribution in [0.2, 0.25) is 0 Å². The fraction of sp³-hybridized carbons (Fsp3) is 0.500. The van der Waals surface area contributed by atoms with Crippen molar-refractivity contribution in [1.82, 2.24) is 0 Å². The average molecular weight is 273 g/mol. The van der Waals surface area contributed by atoms with Crippen LogP contribution in [-0.4, -0.2) is 24.1 Å². The molecule has 0 amide bonds. The van der Waals surface area contributed by atoms with Gasteiger partial charge in [-0.25, -0.2) is 0 Å². The van der Waals surface area contributed by atoms with E-state index in [0.717, 1.165) is 0 Å². The molecule has 0 bridgehead atoms. The molecule has 0 N–H and O–H groups in total. The van der Waals surface area contributed by atoms with Crippen molar-refractivity contribution in [2.45, 2.75) is 9.11 Å². The first-order chi connectivity index (χ1) is 4.18. The van der Waals surface area contributed by atoms with E-state index in [4.69, 9.17) is 46.4 Å². The molecular weight excluding hydrogens is 269 g/mol. The molecule has 1 atom stereocenters. The van der Waals surface area contributed by atoms with Crippen LogP contribution >= 0.6 is 46.4 Å². The van der Waals surface area contributed by atoms with Crippen LogP contribution in [0.5, 0.6) is 0 Å². The molecule has 0 radical (unpaired) electrons. The molecular formula is C4H4Cl4Se. The zero-order valence-corrected chi connectivity index (χ0v) is 8.97. The van der Waals surface area contributed by atoms with E-state index in [2.05, 4.69) is 0 Å². The van der Waals surface area contributed by atoms with E-state index in [1.807, 2.05) is 0 Å². The fourth-order valence-corrected chi connectivity index (χ4v) is 2.09. The molecule has 0 heterocycles. The maximum absolute atomic E-state index is 5.65. The third-order valence-corrected chi connectivity index (χ3v) is 4.88. The van der Waals surface area contributed by atoms with E-state index < -0.39 is 4.84 Å². The first kappa shape index (κ1) is 10.4. The Hall–Kier alpha value is 1.42. The molecule has 0 aromatic heterocycles. The Labute approximate surface area is 80.6 Å². The summed E-state index contributed by atoms with van der Waals surface area (Å²) >= 11 is 21.9. The van der Waals surface area contributed by atoms with Gasteiger partial charge in [-0.3, -0.25) is 0 Å². The molecule has 0 aromatic rings. The van der Waals surface area contributed by atoms with E-state index in [9.17, 15) is 0 Å². The van der Waals surface area contributed by atoms with E-state index in [0.29, 0.717) is 0 Å². The SMILES string of the molecule is Cl/C=C/[Se]C(Cl)C(Cl)Cl. The van der Waals surface area contributed by atoms with Gasteiger partial charge >= 0.3 is 81.0 Å². The minimum absolute atomic E-state index is 0.0947. The fourth-order valence-electron chi connectivity index (χ4n) is 0.164. The van der Waals surface area contributed by atoms with Crippen LogP contribution in [0.3, 0.4) is 0 Å². The molecule has 0 aromatic carbocycles. The van der Waals surface area contributed by atoms with Gasteiger partial charge in [-0.2, -0.15) is 0 Å². The Morgan fingerprint density at radius 1 is 1.22 bits per heavy atom. The van der Waals surface area contributed by atoms with Crippen LogP contribution in [0.25, 0.3) is 0 Å². The molecule has 54 valence electrons. The summed E-state index contributed by atoms with van der Waals surface area (Å²) < 4.78 is -0.184. The van der Waals surface area contributed by atoms with Crippen LogP contribution in [0.4, 0.5) is 0 Å². The second-order valence-electron chi connectivity index (χ2n) is 1.08. The van der Waals surface area contributed by atoms with Gasteiger partial charge in [0.05, 0.1) is 0 Å². The maximum atomic E-state index is 5.65. The monoisotopic (exact) mass is 272 g/mol. The number of halogens is 4. The van der Waals surface area contributed by atoms with Gasteiger partial charge in [0.15, 0.2) is 0 Å². The number of hydrogen-bond acceptors (Lipinski definition) is 0. The van der Waals surface area contributed by atoms with Crippen molar-refractivity contribution >= 4 is 61.4 Å². The Balaban J connectivity index is 3.38. The van der Waals surface area contributed by atoms with Gasteiger partial charge < -0.3 is 0 Å². The number of rotatable bonds is 3. The van der Waals surface area contributed by atoms with Gasteiger partial charge in [0.25, 0.3) is 0 Å². The predicted molar refractivity (Wildman–Crippen MR) is 45.9 cm³/mol. The molecule has 0 nitrogen and oxygen atoms in total. The summed E-state index contributed by atoms with van der Waals surface area (Å²) in [6.07, 6.45) is 0. The van der Waals surface area contributed by atoms with E-state index in [1.54, 1.807) is 4.97 Å². The van der Waals surface area contributed by atoms with Crippen LogP contribution in [0.15, 0.2) is 10.5 Å². The van der Waals surface area contributed by atoms with Gasteiger partial charge in [-0.05, 0) is 0 Å². The first-order valence-electron chi connectivity index (χ1n) is 2.01. The molecule has 9 heavy (non-hydrogen) atoms. The Morgan fingerprint density at radius 2 is 1.78 bits per heavy atom. The van der Waals surface area contributed by atoms with Crippen LogP contribution in [0, 0.1) is 0 Å². The van der Waals surface area contributed by atoms with E-state index in [1.165, 1.54) is 5.54 Å². The van der Waals surface area contributed by atoms with Crippen LogP contribution in [0.1, 0.15) is 0 Å². The van der Waals surface area contributed by atoms with E-state index in [-0.39, 0.29) is 19.2 Å². The van der Waals surface area contributed by atoms with Crippen molar-refractivity contribution in [3.63, 3.8) is 0 Å². The second kappa shape index (κ2) is 6.15. The summed E-state index contributed by atoms with van der Waals surface area (Å²) in [5.41, 5.74) is 1.42. The first-order valence-corrected chi connectivity index (χ1v) is 5.73. The van der Waals surface area contributed by atoms with Crippen molar-refractivity contribution < 1.29 is 0 Å². The Morgan fingerprint density at radius 3 is 2.11 bits per heavy atom. The van der Waals surface area contributed by atoms with Crippen LogP contribution in [-0.2, 0) is 0 Å². The second-order valence-corrected chi connectivity index (χ2v) is 5.76. The summed E-state index contributed by atoms with van der Waals surface area (Å²) in [4.78, 5) is 1.27. The molecule has 5 heteroatoms. The van der Waals surface area contributed by atoms with Crippen molar-refractivity contribution in [1.29, 1.82) is 0 Å². The summed E-state index contributed by atoms with van der Waals surface area (Å²) in [5, 5.41) is 0. The standard InChI is InChI=1S/C4H4Cl4Se/c5-1-2-9-4(8)3(6)7/h1-4H/b2-1+. The topological polar surface area (TPSA) is 0 Å². The van der Waals surface area contributed by atoms with Gasteiger partial charge in [0, 0.05) is 0 Å². The van der Waals surface area contributed by atoms with Gasteiger partial charge in [0.1, 0.15) is 0 Å². The summed E-state index contributed by atoms with van der Waals surface area (Å²) in [6, 6.07) is 0. The molecule has 0 aliphatic rings. The quantitative estimate of drug-likeness (QED) is 0.548. The Bertz CT molecular complexity index is 92.6. The minimum atomic E-state index is -0.500. The normalized spacial score (nSPS) is 15.2. The van der Waals surface area contributed by atoms with Gasteiger partial charge in [-0.15, -0.1) is 0 Å². The number of hydrogen-bond donors (Lipinski definition) is 0. The summed E-state index contributed by atoms with van der Waals surface area (Å²) in [7, 11) is 0. The summed E-state index contributed by atoms with van der Waals surface area (Å²) in [5.74, 6) is 0. The zero-order chi connectivity index (χ0) is 7.28. The third kappa shape index (κ3) is 5.84. The third-order valence-electron chi connectivity index (χ3n) is 0.458. The molecule has 0 fully saturated rings. The van der Waals surface area contributed by atoms with E-state index >= 15 is 0 Å². The Kier molecular flexibility index (Phi) is 7.12.